The van der Waals surface area contributed by atoms with E-state index in [1.807, 2.05) is 42.3 Å². The van der Waals surface area contributed by atoms with Crippen LogP contribution in [0.4, 0.5) is 0 Å². The summed E-state index contributed by atoms with van der Waals surface area (Å²) in [5.74, 6) is 0.0297. The van der Waals surface area contributed by atoms with Crippen LogP contribution in [0.5, 0.6) is 0 Å². The summed E-state index contributed by atoms with van der Waals surface area (Å²) in [4.78, 5) is 14.1. The molecule has 2 atom stereocenters. The highest BCUT2D eigenvalue weighted by molar-refractivity contribution is 5.79. The fourth-order valence-corrected chi connectivity index (χ4v) is 1.95. The molecule has 1 amide bonds. The van der Waals surface area contributed by atoms with Crippen molar-refractivity contribution in [3.05, 3.63) is 35.9 Å². The Balaban J connectivity index is 2.69. The second kappa shape index (κ2) is 7.17. The lowest BCUT2D eigenvalue weighted by Crippen LogP contribution is -2.42. The third kappa shape index (κ3) is 3.84. The van der Waals surface area contributed by atoms with Crippen molar-refractivity contribution in [3.63, 3.8) is 0 Å². The SMILES string of the molecule is CCC(C)N(C)C(=O)C(CN)Cc1ccccc1. The zero-order chi connectivity index (χ0) is 13.5. The Morgan fingerprint density at radius 3 is 2.44 bits per heavy atom. The smallest absolute Gasteiger partial charge is 0.227 e. The first-order chi connectivity index (χ1) is 8.60. The summed E-state index contributed by atoms with van der Waals surface area (Å²) in [7, 11) is 1.87. The van der Waals surface area contributed by atoms with Crippen LogP contribution < -0.4 is 5.73 Å². The van der Waals surface area contributed by atoms with E-state index in [4.69, 9.17) is 5.73 Å². The first kappa shape index (κ1) is 14.7. The van der Waals surface area contributed by atoms with Crippen LogP contribution in [0.1, 0.15) is 25.8 Å². The monoisotopic (exact) mass is 248 g/mol. The summed E-state index contributed by atoms with van der Waals surface area (Å²) >= 11 is 0. The van der Waals surface area contributed by atoms with Crippen LogP contribution in [0.2, 0.25) is 0 Å². The molecule has 3 nitrogen and oxygen atoms in total. The average Bonchev–Trinajstić information content (AvgIpc) is 2.43. The van der Waals surface area contributed by atoms with E-state index in [0.29, 0.717) is 6.54 Å². The van der Waals surface area contributed by atoms with Gasteiger partial charge in [0.2, 0.25) is 5.91 Å². The number of carbonyl (C=O) groups excluding carboxylic acids is 1. The topological polar surface area (TPSA) is 46.3 Å². The lowest BCUT2D eigenvalue weighted by molar-refractivity contribution is -0.135. The fourth-order valence-electron chi connectivity index (χ4n) is 1.95. The molecule has 0 aromatic heterocycles. The number of amides is 1. The fraction of sp³-hybridized carbons (Fsp3) is 0.533. The van der Waals surface area contributed by atoms with Crippen molar-refractivity contribution in [2.24, 2.45) is 11.7 Å². The molecule has 0 aliphatic heterocycles. The summed E-state index contributed by atoms with van der Waals surface area (Å²) in [5, 5.41) is 0. The molecule has 3 heteroatoms. The highest BCUT2D eigenvalue weighted by atomic mass is 16.2. The van der Waals surface area contributed by atoms with Gasteiger partial charge in [0, 0.05) is 19.6 Å². The Hall–Kier alpha value is -1.35. The molecule has 0 spiro atoms. The van der Waals surface area contributed by atoms with Gasteiger partial charge in [-0.3, -0.25) is 4.79 Å². The van der Waals surface area contributed by atoms with Crippen molar-refractivity contribution in [1.29, 1.82) is 0 Å². The van der Waals surface area contributed by atoms with E-state index in [1.165, 1.54) is 5.56 Å². The lowest BCUT2D eigenvalue weighted by Gasteiger charge is -2.28. The number of hydrogen-bond donors (Lipinski definition) is 1. The van der Waals surface area contributed by atoms with Crippen molar-refractivity contribution in [3.8, 4) is 0 Å². The van der Waals surface area contributed by atoms with Gasteiger partial charge in [0.05, 0.1) is 5.92 Å². The van der Waals surface area contributed by atoms with Gasteiger partial charge in [0.25, 0.3) is 0 Å². The summed E-state index contributed by atoms with van der Waals surface area (Å²) in [6.07, 6.45) is 1.68. The van der Waals surface area contributed by atoms with Crippen molar-refractivity contribution >= 4 is 5.91 Å². The second-order valence-corrected chi connectivity index (χ2v) is 4.83. The lowest BCUT2D eigenvalue weighted by atomic mass is 9.97. The van der Waals surface area contributed by atoms with Gasteiger partial charge in [-0.15, -0.1) is 0 Å². The van der Waals surface area contributed by atoms with E-state index in [1.54, 1.807) is 0 Å². The molecule has 0 heterocycles. The highest BCUT2D eigenvalue weighted by Gasteiger charge is 2.23. The molecular formula is C15H24N2O. The van der Waals surface area contributed by atoms with Crippen LogP contribution in [0.3, 0.4) is 0 Å². The number of hydrogen-bond acceptors (Lipinski definition) is 2. The molecule has 0 bridgehead atoms. The molecule has 1 aromatic rings. The molecule has 18 heavy (non-hydrogen) atoms. The largest absolute Gasteiger partial charge is 0.343 e. The number of nitrogens with zero attached hydrogens (tertiary/aromatic N) is 1. The van der Waals surface area contributed by atoms with E-state index in [-0.39, 0.29) is 17.9 Å². The minimum atomic E-state index is -0.119. The Morgan fingerprint density at radius 2 is 1.94 bits per heavy atom. The maximum absolute atomic E-state index is 12.3. The molecule has 0 aliphatic rings. The second-order valence-electron chi connectivity index (χ2n) is 4.83. The van der Waals surface area contributed by atoms with E-state index >= 15 is 0 Å². The maximum atomic E-state index is 12.3. The molecule has 0 aliphatic carbocycles. The molecule has 2 unspecified atom stereocenters. The summed E-state index contributed by atoms with van der Waals surface area (Å²) in [6, 6.07) is 10.3. The zero-order valence-electron chi connectivity index (χ0n) is 11.6. The van der Waals surface area contributed by atoms with Gasteiger partial charge in [-0.25, -0.2) is 0 Å². The predicted molar refractivity (Wildman–Crippen MR) is 75.2 cm³/mol. The quantitative estimate of drug-likeness (QED) is 0.837. The molecule has 0 saturated heterocycles. The number of benzene rings is 1. The third-order valence-electron chi connectivity index (χ3n) is 3.56. The average molecular weight is 248 g/mol. The van der Waals surface area contributed by atoms with E-state index in [0.717, 1.165) is 12.8 Å². The first-order valence-electron chi connectivity index (χ1n) is 6.60. The molecule has 2 N–H and O–H groups in total. The molecule has 100 valence electrons. The predicted octanol–water partition coefficient (Wildman–Crippen LogP) is 2.06. The van der Waals surface area contributed by atoms with Crippen molar-refractivity contribution in [2.45, 2.75) is 32.7 Å². The zero-order valence-corrected chi connectivity index (χ0v) is 11.6. The van der Waals surface area contributed by atoms with Crippen LogP contribution in [0, 0.1) is 5.92 Å². The maximum Gasteiger partial charge on any atom is 0.227 e. The minimum absolute atomic E-state index is 0.119. The Kier molecular flexibility index (Phi) is 5.86. The van der Waals surface area contributed by atoms with Gasteiger partial charge in [0.15, 0.2) is 0 Å². The van der Waals surface area contributed by atoms with Crippen LogP contribution in [-0.2, 0) is 11.2 Å². The number of carbonyl (C=O) groups is 1. The Morgan fingerprint density at radius 1 is 1.33 bits per heavy atom. The van der Waals surface area contributed by atoms with Gasteiger partial charge >= 0.3 is 0 Å². The van der Waals surface area contributed by atoms with Crippen LogP contribution in [-0.4, -0.2) is 30.4 Å². The van der Waals surface area contributed by atoms with E-state index in [9.17, 15) is 4.79 Å². The highest BCUT2D eigenvalue weighted by Crippen LogP contribution is 2.12. The number of nitrogens with two attached hydrogens (primary N) is 1. The van der Waals surface area contributed by atoms with Gasteiger partial charge in [-0.1, -0.05) is 37.3 Å². The van der Waals surface area contributed by atoms with E-state index < -0.39 is 0 Å². The molecule has 1 rings (SSSR count). The summed E-state index contributed by atoms with van der Waals surface area (Å²) in [6.45, 7) is 4.55. The van der Waals surface area contributed by atoms with Crippen molar-refractivity contribution in [2.75, 3.05) is 13.6 Å². The third-order valence-corrected chi connectivity index (χ3v) is 3.56. The Labute approximate surface area is 110 Å². The first-order valence-corrected chi connectivity index (χ1v) is 6.60. The minimum Gasteiger partial charge on any atom is -0.343 e. The summed E-state index contributed by atoms with van der Waals surface area (Å²) < 4.78 is 0. The molecule has 0 fully saturated rings. The normalized spacial score (nSPS) is 14.0. The molecule has 1 aromatic carbocycles. The Bertz CT molecular complexity index is 364. The standard InChI is InChI=1S/C15H24N2O/c1-4-12(2)17(3)15(18)14(11-16)10-13-8-6-5-7-9-13/h5-9,12,14H,4,10-11,16H2,1-3H3. The molecule has 0 saturated carbocycles. The van der Waals surface area contributed by atoms with E-state index in [2.05, 4.69) is 13.8 Å². The number of rotatable bonds is 6. The van der Waals surface area contributed by atoms with Gasteiger partial charge in [-0.05, 0) is 25.3 Å². The van der Waals surface area contributed by atoms with Gasteiger partial charge < -0.3 is 10.6 Å². The van der Waals surface area contributed by atoms with Crippen molar-refractivity contribution in [1.82, 2.24) is 4.90 Å². The van der Waals surface area contributed by atoms with Crippen molar-refractivity contribution < 1.29 is 4.79 Å². The van der Waals surface area contributed by atoms with Crippen LogP contribution in [0.25, 0.3) is 0 Å². The van der Waals surface area contributed by atoms with Gasteiger partial charge in [0.1, 0.15) is 0 Å². The molecule has 0 radical (unpaired) electrons. The molecular weight excluding hydrogens is 224 g/mol. The summed E-state index contributed by atoms with van der Waals surface area (Å²) in [5.41, 5.74) is 6.92. The van der Waals surface area contributed by atoms with Crippen LogP contribution >= 0.6 is 0 Å². The van der Waals surface area contributed by atoms with Gasteiger partial charge in [-0.2, -0.15) is 0 Å². The van der Waals surface area contributed by atoms with Crippen LogP contribution in [0.15, 0.2) is 30.3 Å².